The second-order valence-electron chi connectivity index (χ2n) is 4.30. The highest BCUT2D eigenvalue weighted by molar-refractivity contribution is 9.10. The number of fused-ring (bicyclic) bond motifs is 1. The van der Waals surface area contributed by atoms with Gasteiger partial charge in [-0.3, -0.25) is 0 Å². The third kappa shape index (κ3) is 1.71. The fourth-order valence-corrected chi connectivity index (χ4v) is 2.81. The molecule has 1 N–H and O–H groups in total. The van der Waals surface area contributed by atoms with Crippen molar-refractivity contribution in [3.8, 4) is 0 Å². The molecule has 1 aromatic carbocycles. The monoisotopic (exact) mass is 283 g/mol. The van der Waals surface area contributed by atoms with Gasteiger partial charge in [-0.15, -0.1) is 0 Å². The van der Waals surface area contributed by atoms with Gasteiger partial charge in [0.1, 0.15) is 6.04 Å². The van der Waals surface area contributed by atoms with Crippen LogP contribution in [0.25, 0.3) is 0 Å². The first-order valence-corrected chi connectivity index (χ1v) is 6.10. The molecule has 1 atom stereocenters. The molecule has 86 valence electrons. The Kier molecular flexibility index (Phi) is 2.93. The molecule has 0 saturated heterocycles. The van der Waals surface area contributed by atoms with E-state index in [0.717, 1.165) is 15.7 Å². The lowest BCUT2D eigenvalue weighted by Crippen LogP contribution is -2.42. The van der Waals surface area contributed by atoms with Crippen LogP contribution in [-0.4, -0.2) is 23.2 Å². The Balaban J connectivity index is 2.49. The highest BCUT2D eigenvalue weighted by Crippen LogP contribution is 2.38. The molecule has 0 saturated carbocycles. The molecule has 2 rings (SSSR count). The Hall–Kier alpha value is -1.03. The van der Waals surface area contributed by atoms with E-state index in [-0.39, 0.29) is 6.04 Å². The molecule has 0 bridgehead atoms. The summed E-state index contributed by atoms with van der Waals surface area (Å²) in [5, 5.41) is 9.24. The van der Waals surface area contributed by atoms with Gasteiger partial charge in [-0.25, -0.2) is 4.79 Å². The summed E-state index contributed by atoms with van der Waals surface area (Å²) in [4.78, 5) is 13.2. The molecule has 0 aliphatic carbocycles. The molecule has 0 spiro atoms. The predicted molar refractivity (Wildman–Crippen MR) is 66.9 cm³/mol. The number of carbonyl (C=O) groups is 1. The van der Waals surface area contributed by atoms with E-state index in [9.17, 15) is 9.90 Å². The molecule has 4 heteroatoms. The summed E-state index contributed by atoms with van der Waals surface area (Å²) in [7, 11) is 0. The Morgan fingerprint density at radius 3 is 2.81 bits per heavy atom. The number of carboxylic acid groups (broad SMARTS) is 1. The fraction of sp³-hybridized carbons (Fsp3) is 0.417. The molecular weight excluding hydrogens is 270 g/mol. The van der Waals surface area contributed by atoms with Crippen molar-refractivity contribution in [3.05, 3.63) is 28.2 Å². The minimum atomic E-state index is -0.753. The molecule has 0 fully saturated rings. The Morgan fingerprint density at radius 1 is 1.56 bits per heavy atom. The van der Waals surface area contributed by atoms with Gasteiger partial charge in [0.25, 0.3) is 0 Å². The lowest BCUT2D eigenvalue weighted by atomic mass is 10.1. The van der Waals surface area contributed by atoms with E-state index < -0.39 is 12.0 Å². The highest BCUT2D eigenvalue weighted by atomic mass is 79.9. The fourth-order valence-electron chi connectivity index (χ4n) is 2.30. The van der Waals surface area contributed by atoms with E-state index in [1.165, 1.54) is 0 Å². The maximum absolute atomic E-state index is 11.2. The molecule has 1 aliphatic rings. The smallest absolute Gasteiger partial charge is 0.326 e. The Labute approximate surface area is 103 Å². The first-order valence-electron chi connectivity index (χ1n) is 5.31. The van der Waals surface area contributed by atoms with Crippen LogP contribution in [0.3, 0.4) is 0 Å². The van der Waals surface area contributed by atoms with E-state index >= 15 is 0 Å². The van der Waals surface area contributed by atoms with Gasteiger partial charge in [0, 0.05) is 22.6 Å². The summed E-state index contributed by atoms with van der Waals surface area (Å²) in [5.74, 6) is -0.753. The number of carboxylic acids is 1. The molecule has 16 heavy (non-hydrogen) atoms. The molecule has 1 aromatic rings. The van der Waals surface area contributed by atoms with Gasteiger partial charge in [-0.2, -0.15) is 0 Å². The van der Waals surface area contributed by atoms with Crippen LogP contribution in [0.5, 0.6) is 0 Å². The van der Waals surface area contributed by atoms with Crippen LogP contribution in [0.4, 0.5) is 5.69 Å². The van der Waals surface area contributed by atoms with Gasteiger partial charge in [0.2, 0.25) is 0 Å². The number of hydrogen-bond acceptors (Lipinski definition) is 2. The lowest BCUT2D eigenvalue weighted by molar-refractivity contribution is -0.138. The topological polar surface area (TPSA) is 40.5 Å². The van der Waals surface area contributed by atoms with Crippen molar-refractivity contribution in [2.75, 3.05) is 4.90 Å². The highest BCUT2D eigenvalue weighted by Gasteiger charge is 2.36. The Bertz CT molecular complexity index is 431. The summed E-state index contributed by atoms with van der Waals surface area (Å²) in [6.07, 6.45) is 0.574. The average Bonchev–Trinajstić information content (AvgIpc) is 2.58. The minimum Gasteiger partial charge on any atom is -0.480 e. The summed E-state index contributed by atoms with van der Waals surface area (Å²) in [5.41, 5.74) is 2.14. The van der Waals surface area contributed by atoms with Crippen molar-refractivity contribution >= 4 is 27.6 Å². The number of nitrogens with zero attached hydrogens (tertiary/aromatic N) is 1. The molecule has 1 heterocycles. The van der Waals surface area contributed by atoms with Crippen molar-refractivity contribution in [1.29, 1.82) is 0 Å². The van der Waals surface area contributed by atoms with E-state index in [1.807, 2.05) is 36.9 Å². The first kappa shape index (κ1) is 11.5. The zero-order chi connectivity index (χ0) is 11.9. The van der Waals surface area contributed by atoms with E-state index in [1.54, 1.807) is 0 Å². The van der Waals surface area contributed by atoms with Gasteiger partial charge in [-0.1, -0.05) is 22.0 Å². The molecule has 1 unspecified atom stereocenters. The molecule has 0 aromatic heterocycles. The molecular formula is C12H14BrNO2. The van der Waals surface area contributed by atoms with Gasteiger partial charge < -0.3 is 10.0 Å². The third-order valence-corrected chi connectivity index (χ3v) is 3.69. The Morgan fingerprint density at radius 2 is 2.25 bits per heavy atom. The average molecular weight is 284 g/mol. The number of benzene rings is 1. The molecule has 0 amide bonds. The second kappa shape index (κ2) is 4.09. The maximum atomic E-state index is 11.2. The minimum absolute atomic E-state index is 0.191. The van der Waals surface area contributed by atoms with Crippen molar-refractivity contribution in [3.63, 3.8) is 0 Å². The number of hydrogen-bond donors (Lipinski definition) is 1. The van der Waals surface area contributed by atoms with Crippen LogP contribution < -0.4 is 4.90 Å². The van der Waals surface area contributed by atoms with Crippen LogP contribution in [0.1, 0.15) is 19.4 Å². The number of halogens is 1. The van der Waals surface area contributed by atoms with Gasteiger partial charge in [0.15, 0.2) is 0 Å². The summed E-state index contributed by atoms with van der Waals surface area (Å²) in [6.45, 7) is 4.04. The van der Waals surface area contributed by atoms with E-state index in [4.69, 9.17) is 0 Å². The van der Waals surface area contributed by atoms with E-state index in [0.29, 0.717) is 6.42 Å². The number of aliphatic carboxylic acids is 1. The third-order valence-electron chi connectivity index (χ3n) is 2.95. The summed E-state index contributed by atoms with van der Waals surface area (Å²) in [6, 6.07) is 5.65. The molecule has 3 nitrogen and oxygen atoms in total. The van der Waals surface area contributed by atoms with Crippen LogP contribution >= 0.6 is 15.9 Å². The summed E-state index contributed by atoms with van der Waals surface area (Å²) >= 11 is 3.48. The molecule has 0 radical (unpaired) electrons. The SMILES string of the molecule is CC(C)N1c2cccc(Br)c2CC1C(=O)O. The standard InChI is InChI=1S/C12H14BrNO2/c1-7(2)14-10-5-3-4-9(13)8(10)6-11(14)12(15)16/h3-5,7,11H,6H2,1-2H3,(H,15,16). The van der Waals surface area contributed by atoms with Crippen molar-refractivity contribution in [2.45, 2.75) is 32.4 Å². The largest absolute Gasteiger partial charge is 0.480 e. The normalized spacial score (nSPS) is 19.0. The van der Waals surface area contributed by atoms with Crippen molar-refractivity contribution < 1.29 is 9.90 Å². The van der Waals surface area contributed by atoms with E-state index in [2.05, 4.69) is 15.9 Å². The zero-order valence-corrected chi connectivity index (χ0v) is 10.9. The first-order chi connectivity index (χ1) is 7.52. The lowest BCUT2D eigenvalue weighted by Gasteiger charge is -2.28. The zero-order valence-electron chi connectivity index (χ0n) is 9.27. The van der Waals surface area contributed by atoms with Crippen LogP contribution in [-0.2, 0) is 11.2 Å². The second-order valence-corrected chi connectivity index (χ2v) is 5.15. The van der Waals surface area contributed by atoms with Crippen LogP contribution in [0.2, 0.25) is 0 Å². The quantitative estimate of drug-likeness (QED) is 0.907. The van der Waals surface area contributed by atoms with Crippen LogP contribution in [0, 0.1) is 0 Å². The number of rotatable bonds is 2. The van der Waals surface area contributed by atoms with Crippen molar-refractivity contribution in [2.24, 2.45) is 0 Å². The summed E-state index contributed by atoms with van der Waals surface area (Å²) < 4.78 is 0.999. The maximum Gasteiger partial charge on any atom is 0.326 e. The number of anilines is 1. The predicted octanol–water partition coefficient (Wildman–Crippen LogP) is 2.67. The van der Waals surface area contributed by atoms with Gasteiger partial charge in [0.05, 0.1) is 0 Å². The van der Waals surface area contributed by atoms with Crippen molar-refractivity contribution in [1.82, 2.24) is 0 Å². The van der Waals surface area contributed by atoms with Gasteiger partial charge in [-0.05, 0) is 31.5 Å². The molecule has 1 aliphatic heterocycles. The van der Waals surface area contributed by atoms with Crippen LogP contribution in [0.15, 0.2) is 22.7 Å². The van der Waals surface area contributed by atoms with Gasteiger partial charge >= 0.3 is 5.97 Å².